The van der Waals surface area contributed by atoms with Crippen molar-refractivity contribution in [1.29, 1.82) is 0 Å². The number of rotatable bonds is 5. The third-order valence-electron chi connectivity index (χ3n) is 6.47. The molecule has 2 aliphatic rings. The van der Waals surface area contributed by atoms with Crippen molar-refractivity contribution in [3.63, 3.8) is 0 Å². The second-order valence-corrected chi connectivity index (χ2v) is 8.48. The fourth-order valence-corrected chi connectivity index (χ4v) is 4.33. The number of piperidine rings is 1. The van der Waals surface area contributed by atoms with Crippen molar-refractivity contribution in [3.05, 3.63) is 58.0 Å². The Morgan fingerprint density at radius 1 is 1.00 bits per heavy atom. The van der Waals surface area contributed by atoms with Gasteiger partial charge in [0, 0.05) is 76.2 Å². The van der Waals surface area contributed by atoms with Gasteiger partial charge in [0.05, 0.1) is 6.10 Å². The molecule has 3 heterocycles. The molecule has 1 amide bonds. The van der Waals surface area contributed by atoms with Gasteiger partial charge in [-0.05, 0) is 43.7 Å². The highest BCUT2D eigenvalue weighted by Gasteiger charge is 2.26. The molecule has 1 aromatic heterocycles. The number of hydrogen-bond donors (Lipinski definition) is 0. The Morgan fingerprint density at radius 3 is 2.29 bits per heavy atom. The van der Waals surface area contributed by atoms with Crippen molar-refractivity contribution in [2.45, 2.75) is 38.4 Å². The summed E-state index contributed by atoms with van der Waals surface area (Å²) in [6, 6.07) is 11.3. The van der Waals surface area contributed by atoms with E-state index < -0.39 is 0 Å². The lowest BCUT2D eigenvalue weighted by atomic mass is 10.1. The summed E-state index contributed by atoms with van der Waals surface area (Å²) in [5, 5.41) is 0. The quantitative estimate of drug-likeness (QED) is 0.737. The van der Waals surface area contributed by atoms with Gasteiger partial charge in [-0.1, -0.05) is 0 Å². The van der Waals surface area contributed by atoms with Crippen molar-refractivity contribution < 1.29 is 14.3 Å². The van der Waals surface area contributed by atoms with Crippen LogP contribution in [0.25, 0.3) is 0 Å². The Labute approximate surface area is 183 Å². The van der Waals surface area contributed by atoms with Crippen LogP contribution in [0, 0.1) is 6.92 Å². The number of anilines is 1. The number of benzene rings is 1. The predicted molar refractivity (Wildman–Crippen MR) is 120 cm³/mol. The number of hydrogen-bond acceptors (Lipinski definition) is 5. The maximum absolute atomic E-state index is 12.9. The van der Waals surface area contributed by atoms with Gasteiger partial charge in [0.15, 0.2) is 0 Å². The molecule has 1 atom stereocenters. The summed E-state index contributed by atoms with van der Waals surface area (Å²) in [4.78, 5) is 29.1. The molecule has 2 fully saturated rings. The minimum atomic E-state index is -0.0715. The lowest BCUT2D eigenvalue weighted by Gasteiger charge is -2.32. The molecule has 0 saturated carbocycles. The minimum absolute atomic E-state index is 0.0156. The van der Waals surface area contributed by atoms with Crippen LogP contribution in [0.3, 0.4) is 0 Å². The third-order valence-corrected chi connectivity index (χ3v) is 6.47. The first-order chi connectivity index (χ1) is 14.9. The highest BCUT2D eigenvalue weighted by atomic mass is 16.5. The number of ether oxygens (including phenoxy) is 2. The van der Waals surface area contributed by atoms with E-state index in [1.807, 2.05) is 42.2 Å². The van der Waals surface area contributed by atoms with Gasteiger partial charge >= 0.3 is 0 Å². The number of carbonyl (C=O) groups is 1. The first-order valence-corrected chi connectivity index (χ1v) is 11.0. The van der Waals surface area contributed by atoms with Gasteiger partial charge in [-0.3, -0.25) is 9.59 Å². The SMILES string of the molecule is COC1CCN(c2ccc(C(=O)N3CCC(Oc4cc(C)n(C)c(=O)c4)CC3)cc2)C1. The standard InChI is InChI=1S/C24H31N3O4/c1-17-14-22(15-23(28)25(17)2)31-20-8-11-26(12-9-20)24(29)18-4-6-19(7-5-18)27-13-10-21(16-27)30-3/h4-7,14-15,20-21H,8-13,16H2,1-3H3. The van der Waals surface area contributed by atoms with E-state index in [1.165, 1.54) is 6.07 Å². The number of methoxy groups -OCH3 is 1. The number of aryl methyl sites for hydroxylation is 1. The minimum Gasteiger partial charge on any atom is -0.490 e. The molecule has 7 nitrogen and oxygen atoms in total. The van der Waals surface area contributed by atoms with Crippen LogP contribution in [-0.2, 0) is 11.8 Å². The molecule has 7 heteroatoms. The summed E-state index contributed by atoms with van der Waals surface area (Å²) in [6.07, 6.45) is 2.84. The van der Waals surface area contributed by atoms with Gasteiger partial charge in [-0.2, -0.15) is 0 Å². The Balaban J connectivity index is 1.31. The van der Waals surface area contributed by atoms with Gasteiger partial charge in [0.2, 0.25) is 0 Å². The fourth-order valence-electron chi connectivity index (χ4n) is 4.33. The van der Waals surface area contributed by atoms with Gasteiger partial charge in [-0.15, -0.1) is 0 Å². The highest BCUT2D eigenvalue weighted by Crippen LogP contribution is 2.24. The van der Waals surface area contributed by atoms with Crippen molar-refractivity contribution >= 4 is 11.6 Å². The van der Waals surface area contributed by atoms with Crippen LogP contribution in [0.1, 0.15) is 35.3 Å². The number of pyridine rings is 1. The lowest BCUT2D eigenvalue weighted by molar-refractivity contribution is 0.0595. The van der Waals surface area contributed by atoms with Crippen LogP contribution in [0.5, 0.6) is 5.75 Å². The molecule has 1 unspecified atom stereocenters. The summed E-state index contributed by atoms with van der Waals surface area (Å²) in [7, 11) is 3.51. The van der Waals surface area contributed by atoms with Crippen LogP contribution in [0.15, 0.2) is 41.2 Å². The Hall–Kier alpha value is -2.80. The molecular formula is C24H31N3O4. The van der Waals surface area contributed by atoms with Gasteiger partial charge in [0.25, 0.3) is 11.5 Å². The number of amides is 1. The van der Waals surface area contributed by atoms with E-state index in [4.69, 9.17) is 9.47 Å². The van der Waals surface area contributed by atoms with Crippen LogP contribution in [0.2, 0.25) is 0 Å². The zero-order valence-corrected chi connectivity index (χ0v) is 18.5. The maximum Gasteiger partial charge on any atom is 0.254 e. The molecule has 2 aliphatic heterocycles. The molecule has 0 spiro atoms. The summed E-state index contributed by atoms with van der Waals surface area (Å²) >= 11 is 0. The van der Waals surface area contributed by atoms with Crippen molar-refractivity contribution in [2.75, 3.05) is 38.2 Å². The normalized spacial score (nSPS) is 19.6. The first kappa shape index (κ1) is 21.4. The maximum atomic E-state index is 12.9. The van der Waals surface area contributed by atoms with Crippen molar-refractivity contribution in [2.24, 2.45) is 7.05 Å². The van der Waals surface area contributed by atoms with E-state index >= 15 is 0 Å². The van der Waals surface area contributed by atoms with E-state index in [9.17, 15) is 9.59 Å². The van der Waals surface area contributed by atoms with Crippen LogP contribution in [0.4, 0.5) is 5.69 Å². The molecule has 0 N–H and O–H groups in total. The Bertz CT molecular complexity index is 977. The summed E-state index contributed by atoms with van der Waals surface area (Å²) in [5.41, 5.74) is 2.64. The van der Waals surface area contributed by atoms with Gasteiger partial charge in [0.1, 0.15) is 11.9 Å². The molecule has 0 bridgehead atoms. The van der Waals surface area contributed by atoms with E-state index in [2.05, 4.69) is 4.90 Å². The van der Waals surface area contributed by atoms with Crippen molar-refractivity contribution in [1.82, 2.24) is 9.47 Å². The number of likely N-dealkylation sites (tertiary alicyclic amines) is 1. The topological polar surface area (TPSA) is 64.0 Å². The zero-order valence-electron chi connectivity index (χ0n) is 18.5. The molecule has 0 radical (unpaired) electrons. The van der Waals surface area contributed by atoms with Crippen LogP contribution < -0.4 is 15.2 Å². The smallest absolute Gasteiger partial charge is 0.254 e. The van der Waals surface area contributed by atoms with E-state index in [-0.39, 0.29) is 23.7 Å². The second-order valence-electron chi connectivity index (χ2n) is 8.48. The van der Waals surface area contributed by atoms with Crippen LogP contribution in [-0.4, -0.2) is 60.9 Å². The average molecular weight is 426 g/mol. The molecule has 2 aromatic rings. The molecular weight excluding hydrogens is 394 g/mol. The van der Waals surface area contributed by atoms with Crippen LogP contribution >= 0.6 is 0 Å². The Morgan fingerprint density at radius 2 is 1.68 bits per heavy atom. The number of aromatic nitrogens is 1. The summed E-state index contributed by atoms with van der Waals surface area (Å²) < 4.78 is 13.1. The molecule has 31 heavy (non-hydrogen) atoms. The van der Waals surface area contributed by atoms with Crippen molar-refractivity contribution in [3.8, 4) is 5.75 Å². The number of nitrogens with zero attached hydrogens (tertiary/aromatic N) is 3. The predicted octanol–water partition coefficient (Wildman–Crippen LogP) is 2.60. The highest BCUT2D eigenvalue weighted by molar-refractivity contribution is 5.94. The molecule has 1 aromatic carbocycles. The second kappa shape index (κ2) is 9.14. The monoisotopic (exact) mass is 425 g/mol. The van der Waals surface area contributed by atoms with E-state index in [0.717, 1.165) is 43.7 Å². The lowest BCUT2D eigenvalue weighted by Crippen LogP contribution is -2.41. The van der Waals surface area contributed by atoms with E-state index in [0.29, 0.717) is 24.4 Å². The molecule has 2 saturated heterocycles. The first-order valence-electron chi connectivity index (χ1n) is 11.0. The average Bonchev–Trinajstić information content (AvgIpc) is 3.27. The Kier molecular flexibility index (Phi) is 6.32. The zero-order chi connectivity index (χ0) is 22.0. The van der Waals surface area contributed by atoms with Gasteiger partial charge in [-0.25, -0.2) is 0 Å². The molecule has 166 valence electrons. The molecule has 4 rings (SSSR count). The summed E-state index contributed by atoms with van der Waals surface area (Å²) in [5.74, 6) is 0.671. The summed E-state index contributed by atoms with van der Waals surface area (Å²) in [6.45, 7) is 5.06. The third kappa shape index (κ3) is 4.77. The largest absolute Gasteiger partial charge is 0.490 e. The fraction of sp³-hybridized carbons (Fsp3) is 0.500. The number of carbonyl (C=O) groups excluding carboxylic acids is 1. The van der Waals surface area contributed by atoms with E-state index in [1.54, 1.807) is 18.7 Å². The molecule has 0 aliphatic carbocycles. The van der Waals surface area contributed by atoms with Gasteiger partial charge < -0.3 is 23.8 Å².